The Kier molecular flexibility index (Phi) is 5.20. The number of aromatic nitrogens is 2. The van der Waals surface area contributed by atoms with Gasteiger partial charge in [0.1, 0.15) is 17.6 Å². The first kappa shape index (κ1) is 20.3. The number of nitrogens with zero attached hydrogens (tertiary/aromatic N) is 4. The molecule has 3 amide bonds. The highest BCUT2D eigenvalue weighted by Gasteiger charge is 2.37. The normalized spacial score (nSPS) is 21.2. The molecule has 4 rings (SSSR count). The molecule has 1 aromatic heterocycles. The molecule has 0 saturated heterocycles. The van der Waals surface area contributed by atoms with Crippen LogP contribution in [0, 0.1) is 12.7 Å². The van der Waals surface area contributed by atoms with Crippen molar-refractivity contribution in [2.75, 3.05) is 19.0 Å². The van der Waals surface area contributed by atoms with Crippen molar-refractivity contribution < 1.29 is 23.9 Å². The van der Waals surface area contributed by atoms with Gasteiger partial charge in [0.05, 0.1) is 25.4 Å². The van der Waals surface area contributed by atoms with Crippen LogP contribution in [-0.2, 0) is 24.3 Å². The van der Waals surface area contributed by atoms with Gasteiger partial charge in [-0.15, -0.1) is 0 Å². The molecule has 30 heavy (non-hydrogen) atoms. The van der Waals surface area contributed by atoms with Crippen molar-refractivity contribution in [1.82, 2.24) is 19.7 Å². The van der Waals surface area contributed by atoms with Gasteiger partial charge in [-0.05, 0) is 37.6 Å². The van der Waals surface area contributed by atoms with Crippen molar-refractivity contribution in [2.45, 2.75) is 45.5 Å². The predicted octanol–water partition coefficient (Wildman–Crippen LogP) is 1.69. The average molecular weight is 417 g/mol. The van der Waals surface area contributed by atoms with E-state index >= 15 is 0 Å². The number of hydrogen-bond donors (Lipinski definition) is 2. The number of benzene rings is 1. The van der Waals surface area contributed by atoms with Gasteiger partial charge in [0.15, 0.2) is 0 Å². The molecule has 0 fully saturated rings. The summed E-state index contributed by atoms with van der Waals surface area (Å²) in [5, 5.41) is 18.0. The van der Waals surface area contributed by atoms with Crippen LogP contribution in [-0.4, -0.2) is 62.6 Å². The van der Waals surface area contributed by atoms with Crippen LogP contribution >= 0.6 is 0 Å². The zero-order valence-corrected chi connectivity index (χ0v) is 17.1. The Morgan fingerprint density at radius 3 is 2.90 bits per heavy atom. The second-order valence-corrected chi connectivity index (χ2v) is 7.74. The third-order valence-corrected chi connectivity index (χ3v) is 5.53. The molecule has 0 unspecified atom stereocenters. The summed E-state index contributed by atoms with van der Waals surface area (Å²) in [7, 11) is 1.49. The first-order valence-electron chi connectivity index (χ1n) is 9.76. The lowest BCUT2D eigenvalue weighted by atomic mass is 9.99. The van der Waals surface area contributed by atoms with Gasteiger partial charge in [0.2, 0.25) is 0 Å². The Labute approximate surface area is 173 Å². The minimum Gasteiger partial charge on any atom is -0.393 e. The second-order valence-electron chi connectivity index (χ2n) is 7.74. The second kappa shape index (κ2) is 7.69. The number of hydroxylamine groups is 2. The lowest BCUT2D eigenvalue weighted by Crippen LogP contribution is -2.45. The maximum Gasteiger partial charge on any atom is 0.322 e. The van der Waals surface area contributed by atoms with Crippen LogP contribution in [0.1, 0.15) is 34.2 Å². The number of fused-ring (bicyclic) bond motifs is 3. The van der Waals surface area contributed by atoms with Crippen molar-refractivity contribution >= 4 is 17.6 Å². The molecule has 3 heterocycles. The number of anilines is 1. The molecular weight excluding hydrogens is 393 g/mol. The molecule has 10 heteroatoms. The lowest BCUT2D eigenvalue weighted by Gasteiger charge is -2.33. The van der Waals surface area contributed by atoms with Crippen LogP contribution < -0.4 is 5.32 Å². The highest BCUT2D eigenvalue weighted by atomic mass is 19.1. The summed E-state index contributed by atoms with van der Waals surface area (Å²) in [6.07, 6.45) is -0.0903. The smallest absolute Gasteiger partial charge is 0.322 e. The molecule has 2 aliphatic heterocycles. The Morgan fingerprint density at radius 2 is 2.20 bits per heavy atom. The molecule has 2 aromatic rings. The van der Waals surface area contributed by atoms with Gasteiger partial charge in [0, 0.05) is 30.8 Å². The number of hydrogen-bond acceptors (Lipinski definition) is 5. The summed E-state index contributed by atoms with van der Waals surface area (Å²) in [4.78, 5) is 32.9. The molecule has 9 nitrogen and oxygen atoms in total. The highest BCUT2D eigenvalue weighted by Crippen LogP contribution is 2.29. The number of amides is 3. The van der Waals surface area contributed by atoms with Crippen LogP contribution in [0.5, 0.6) is 0 Å². The quantitative estimate of drug-likeness (QED) is 0.775. The molecule has 2 aliphatic rings. The van der Waals surface area contributed by atoms with E-state index in [2.05, 4.69) is 10.4 Å². The van der Waals surface area contributed by atoms with E-state index in [9.17, 15) is 19.1 Å². The zero-order valence-electron chi connectivity index (χ0n) is 17.1. The van der Waals surface area contributed by atoms with Gasteiger partial charge in [0.25, 0.3) is 5.91 Å². The number of rotatable bonds is 2. The van der Waals surface area contributed by atoms with Gasteiger partial charge in [-0.1, -0.05) is 0 Å². The first-order valence-corrected chi connectivity index (χ1v) is 9.76. The largest absolute Gasteiger partial charge is 0.393 e. The van der Waals surface area contributed by atoms with Gasteiger partial charge in [-0.2, -0.15) is 5.10 Å². The third kappa shape index (κ3) is 3.52. The Morgan fingerprint density at radius 1 is 1.43 bits per heavy atom. The van der Waals surface area contributed by atoms with Gasteiger partial charge in [-0.25, -0.2) is 14.2 Å². The minimum absolute atomic E-state index is 0.143. The van der Waals surface area contributed by atoms with Crippen LogP contribution in [0.3, 0.4) is 0 Å². The van der Waals surface area contributed by atoms with Crippen molar-refractivity contribution in [1.29, 1.82) is 0 Å². The van der Waals surface area contributed by atoms with Crippen LogP contribution in [0.4, 0.5) is 14.9 Å². The molecule has 2 atom stereocenters. The predicted molar refractivity (Wildman–Crippen MR) is 105 cm³/mol. The summed E-state index contributed by atoms with van der Waals surface area (Å²) in [5.41, 5.74) is 2.75. The number of nitrogens with one attached hydrogen (secondary N) is 1. The van der Waals surface area contributed by atoms with Crippen LogP contribution in [0.25, 0.3) is 0 Å². The van der Waals surface area contributed by atoms with Gasteiger partial charge < -0.3 is 15.3 Å². The van der Waals surface area contributed by atoms with E-state index in [1.54, 1.807) is 22.6 Å². The highest BCUT2D eigenvalue weighted by molar-refractivity contribution is 5.94. The SMILES string of the molecule is Cc1cc(NC(=O)N2Cc3c(nn4c3C(=O)N(C)O[C@H](CO)C4)C[C@H]2C)ccc1F. The molecular formula is C20H24FN5O4. The number of aliphatic hydroxyl groups excluding tert-OH is 1. The molecule has 0 bridgehead atoms. The fraction of sp³-hybridized carbons (Fsp3) is 0.450. The number of halogens is 1. The Balaban J connectivity index is 1.61. The molecule has 0 radical (unpaired) electrons. The summed E-state index contributed by atoms with van der Waals surface area (Å²) < 4.78 is 15.1. The summed E-state index contributed by atoms with van der Waals surface area (Å²) >= 11 is 0. The standard InChI is InChI=1S/C20H24FN5O4/c1-11-6-13(4-5-16(11)21)22-20(29)25-9-15-17(7-12(25)2)23-26-8-14(10-27)30-24(3)19(28)18(15)26/h4-6,12,14,27H,7-10H2,1-3H3,(H,22,29)/t12-,14+/m1/s1. The van der Waals surface area contributed by atoms with E-state index in [1.165, 1.54) is 19.2 Å². The molecule has 2 N–H and O–H groups in total. The van der Waals surface area contributed by atoms with Gasteiger partial charge >= 0.3 is 6.03 Å². The van der Waals surface area contributed by atoms with Crippen molar-refractivity contribution in [2.24, 2.45) is 0 Å². The molecule has 0 spiro atoms. The van der Waals surface area contributed by atoms with Gasteiger partial charge in [-0.3, -0.25) is 14.3 Å². The van der Waals surface area contributed by atoms with E-state index in [4.69, 9.17) is 4.84 Å². The van der Waals surface area contributed by atoms with Crippen molar-refractivity contribution in [3.63, 3.8) is 0 Å². The fourth-order valence-electron chi connectivity index (χ4n) is 3.89. The zero-order chi connectivity index (χ0) is 21.6. The summed E-state index contributed by atoms with van der Waals surface area (Å²) in [5.74, 6) is -0.707. The number of carbonyl (C=O) groups excluding carboxylic acids is 2. The maximum absolute atomic E-state index is 13.5. The van der Waals surface area contributed by atoms with Crippen molar-refractivity contribution in [3.05, 3.63) is 46.5 Å². The number of carbonyl (C=O) groups is 2. The first-order chi connectivity index (χ1) is 14.3. The Bertz CT molecular complexity index is 1010. The number of aryl methyl sites for hydroxylation is 1. The van der Waals surface area contributed by atoms with E-state index in [0.717, 1.165) is 10.8 Å². The molecule has 0 aliphatic carbocycles. The number of aliphatic hydroxyl groups is 1. The van der Waals surface area contributed by atoms with E-state index in [0.29, 0.717) is 28.9 Å². The monoisotopic (exact) mass is 417 g/mol. The van der Waals surface area contributed by atoms with Crippen molar-refractivity contribution in [3.8, 4) is 0 Å². The maximum atomic E-state index is 13.5. The average Bonchev–Trinajstić information content (AvgIpc) is 2.99. The summed E-state index contributed by atoms with van der Waals surface area (Å²) in [6, 6.07) is 3.92. The molecule has 160 valence electrons. The van der Waals surface area contributed by atoms with E-state index < -0.39 is 6.10 Å². The fourth-order valence-corrected chi connectivity index (χ4v) is 3.89. The van der Waals surface area contributed by atoms with E-state index in [1.807, 2.05) is 6.92 Å². The topological polar surface area (TPSA) is 99.9 Å². The van der Waals surface area contributed by atoms with Crippen LogP contribution in [0.2, 0.25) is 0 Å². The number of urea groups is 1. The molecule has 0 saturated carbocycles. The van der Waals surface area contributed by atoms with E-state index in [-0.39, 0.29) is 43.5 Å². The third-order valence-electron chi connectivity index (χ3n) is 5.53. The van der Waals surface area contributed by atoms with Crippen LogP contribution in [0.15, 0.2) is 18.2 Å². The minimum atomic E-state index is -0.583. The Hall–Kier alpha value is -2.98. The lowest BCUT2D eigenvalue weighted by molar-refractivity contribution is -0.159. The summed E-state index contributed by atoms with van der Waals surface area (Å²) in [6.45, 7) is 3.75. The molecule has 1 aromatic carbocycles.